The molecule has 5 nitrogen and oxygen atoms in total. The zero-order chi connectivity index (χ0) is 18.5. The highest BCUT2D eigenvalue weighted by Gasteiger charge is 2.40. The fraction of sp³-hybridized carbons (Fsp3) is 0.545. The molecule has 142 valence electrons. The number of amides is 1. The second kappa shape index (κ2) is 6.39. The molecule has 1 aromatic heterocycles. The zero-order valence-corrected chi connectivity index (χ0v) is 15.8. The quantitative estimate of drug-likeness (QED) is 0.843. The van der Waals surface area contributed by atoms with Gasteiger partial charge in [0, 0.05) is 48.1 Å². The number of nitrogens with one attached hydrogen (secondary N) is 1. The number of carbonyl (C=O) groups excluding carboxylic acids is 2. The van der Waals surface area contributed by atoms with Gasteiger partial charge in [0.2, 0.25) is 5.91 Å². The fourth-order valence-corrected chi connectivity index (χ4v) is 5.65. The Hall–Kier alpha value is -2.30. The van der Waals surface area contributed by atoms with Crippen molar-refractivity contribution in [1.82, 2.24) is 9.88 Å². The van der Waals surface area contributed by atoms with E-state index in [1.54, 1.807) is 6.07 Å². The number of hydrogen-bond acceptors (Lipinski definition) is 3. The van der Waals surface area contributed by atoms with Gasteiger partial charge in [-0.2, -0.15) is 0 Å². The minimum absolute atomic E-state index is 0.302. The molecule has 1 N–H and O–H groups in total. The molecule has 2 saturated carbocycles. The van der Waals surface area contributed by atoms with Crippen LogP contribution in [0.5, 0.6) is 0 Å². The number of hydrogen-bond donors (Lipinski definition) is 1. The molecular formula is C22H26N2O3. The SMILES string of the molecule is COC(=O)c1ccc2[nH]c3c(c2c1)CN(C(=O)CC1CC2CCC1C2)CC3. The Balaban J connectivity index is 1.36. The maximum absolute atomic E-state index is 13.0. The molecule has 2 aliphatic carbocycles. The van der Waals surface area contributed by atoms with E-state index in [1.807, 2.05) is 17.0 Å². The molecule has 0 saturated heterocycles. The van der Waals surface area contributed by atoms with Crippen LogP contribution < -0.4 is 0 Å². The Morgan fingerprint density at radius 1 is 1.26 bits per heavy atom. The summed E-state index contributed by atoms with van der Waals surface area (Å²) in [5.74, 6) is 2.25. The first-order valence-electron chi connectivity index (χ1n) is 10.1. The summed E-state index contributed by atoms with van der Waals surface area (Å²) in [6.45, 7) is 1.42. The van der Waals surface area contributed by atoms with E-state index in [4.69, 9.17) is 4.74 Å². The molecule has 5 rings (SSSR count). The lowest BCUT2D eigenvalue weighted by Crippen LogP contribution is -2.37. The lowest BCUT2D eigenvalue weighted by Gasteiger charge is -2.30. The molecule has 27 heavy (non-hydrogen) atoms. The van der Waals surface area contributed by atoms with Gasteiger partial charge in [-0.25, -0.2) is 4.79 Å². The summed E-state index contributed by atoms with van der Waals surface area (Å²) in [4.78, 5) is 30.3. The Bertz CT molecular complexity index is 916. The van der Waals surface area contributed by atoms with Crippen molar-refractivity contribution in [3.63, 3.8) is 0 Å². The summed E-state index contributed by atoms with van der Waals surface area (Å²) in [5, 5.41) is 1.03. The van der Waals surface area contributed by atoms with Crippen molar-refractivity contribution in [2.45, 2.75) is 45.1 Å². The number of carbonyl (C=O) groups is 2. The summed E-state index contributed by atoms with van der Waals surface area (Å²) in [5.41, 5.74) is 3.92. The van der Waals surface area contributed by atoms with Crippen molar-refractivity contribution < 1.29 is 14.3 Å². The van der Waals surface area contributed by atoms with Crippen LogP contribution in [0, 0.1) is 17.8 Å². The van der Waals surface area contributed by atoms with Crippen LogP contribution in [0.1, 0.15) is 53.7 Å². The van der Waals surface area contributed by atoms with Gasteiger partial charge in [0.05, 0.1) is 12.7 Å². The summed E-state index contributed by atoms with van der Waals surface area (Å²) >= 11 is 0. The van der Waals surface area contributed by atoms with Gasteiger partial charge in [0.1, 0.15) is 0 Å². The minimum atomic E-state index is -0.327. The number of rotatable bonds is 3. The van der Waals surface area contributed by atoms with Gasteiger partial charge >= 0.3 is 5.97 Å². The van der Waals surface area contributed by atoms with Crippen LogP contribution in [0.15, 0.2) is 18.2 Å². The van der Waals surface area contributed by atoms with Gasteiger partial charge in [-0.05, 0) is 55.2 Å². The van der Waals surface area contributed by atoms with Crippen molar-refractivity contribution in [3.8, 4) is 0 Å². The molecule has 2 bridgehead atoms. The van der Waals surface area contributed by atoms with E-state index in [0.717, 1.165) is 41.3 Å². The van der Waals surface area contributed by atoms with E-state index in [0.29, 0.717) is 30.4 Å². The normalized spacial score (nSPS) is 26.4. The van der Waals surface area contributed by atoms with Gasteiger partial charge in [-0.15, -0.1) is 0 Å². The maximum Gasteiger partial charge on any atom is 0.337 e. The van der Waals surface area contributed by atoms with Crippen LogP contribution in [-0.4, -0.2) is 35.4 Å². The zero-order valence-electron chi connectivity index (χ0n) is 15.8. The lowest BCUT2D eigenvalue weighted by molar-refractivity contribution is -0.133. The van der Waals surface area contributed by atoms with E-state index in [9.17, 15) is 9.59 Å². The third-order valence-corrected chi connectivity index (χ3v) is 7.07. The summed E-state index contributed by atoms with van der Waals surface area (Å²) in [6.07, 6.45) is 6.87. The van der Waals surface area contributed by atoms with Crippen molar-refractivity contribution in [2.75, 3.05) is 13.7 Å². The maximum atomic E-state index is 13.0. The first-order valence-corrected chi connectivity index (χ1v) is 10.1. The summed E-state index contributed by atoms with van der Waals surface area (Å²) < 4.78 is 4.85. The number of methoxy groups -OCH3 is 1. The largest absolute Gasteiger partial charge is 0.465 e. The number of nitrogens with zero attached hydrogens (tertiary/aromatic N) is 1. The molecule has 1 aliphatic heterocycles. The minimum Gasteiger partial charge on any atom is -0.465 e. The Morgan fingerprint density at radius 2 is 2.15 bits per heavy atom. The monoisotopic (exact) mass is 366 g/mol. The van der Waals surface area contributed by atoms with Gasteiger partial charge in [0.25, 0.3) is 0 Å². The highest BCUT2D eigenvalue weighted by Crippen LogP contribution is 2.49. The first kappa shape index (κ1) is 16.8. The van der Waals surface area contributed by atoms with Gasteiger partial charge in [-0.1, -0.05) is 6.42 Å². The number of H-pyrrole nitrogens is 1. The molecule has 3 unspecified atom stereocenters. The lowest BCUT2D eigenvalue weighted by atomic mass is 9.86. The van der Waals surface area contributed by atoms with Crippen LogP contribution in [0.4, 0.5) is 0 Å². The van der Waals surface area contributed by atoms with E-state index < -0.39 is 0 Å². The molecule has 2 aromatic rings. The second-order valence-corrected chi connectivity index (χ2v) is 8.54. The van der Waals surface area contributed by atoms with Crippen LogP contribution in [-0.2, 0) is 22.5 Å². The van der Waals surface area contributed by atoms with Crippen LogP contribution in [0.25, 0.3) is 10.9 Å². The molecule has 2 fully saturated rings. The highest BCUT2D eigenvalue weighted by molar-refractivity contribution is 5.96. The number of ether oxygens (including phenoxy) is 1. The van der Waals surface area contributed by atoms with Crippen LogP contribution in [0.3, 0.4) is 0 Å². The van der Waals surface area contributed by atoms with E-state index in [2.05, 4.69) is 4.98 Å². The summed E-state index contributed by atoms with van der Waals surface area (Å²) in [7, 11) is 1.40. The highest BCUT2D eigenvalue weighted by atomic mass is 16.5. The number of aromatic nitrogens is 1. The average molecular weight is 366 g/mol. The Labute approximate surface area is 159 Å². The average Bonchev–Trinajstić information content (AvgIpc) is 3.40. The molecule has 5 heteroatoms. The van der Waals surface area contributed by atoms with Crippen molar-refractivity contribution in [1.29, 1.82) is 0 Å². The van der Waals surface area contributed by atoms with Crippen molar-refractivity contribution in [3.05, 3.63) is 35.0 Å². The van der Waals surface area contributed by atoms with Gasteiger partial charge in [-0.3, -0.25) is 4.79 Å². The molecule has 0 spiro atoms. The Morgan fingerprint density at radius 3 is 2.89 bits per heavy atom. The van der Waals surface area contributed by atoms with Crippen molar-refractivity contribution >= 4 is 22.8 Å². The third kappa shape index (κ3) is 2.84. The predicted molar refractivity (Wildman–Crippen MR) is 102 cm³/mol. The van der Waals surface area contributed by atoms with Crippen molar-refractivity contribution in [2.24, 2.45) is 17.8 Å². The molecular weight excluding hydrogens is 340 g/mol. The number of benzene rings is 1. The molecule has 3 aliphatic rings. The van der Waals surface area contributed by atoms with E-state index in [-0.39, 0.29) is 5.97 Å². The molecule has 1 amide bonds. The first-order chi connectivity index (χ1) is 13.1. The van der Waals surface area contributed by atoms with Gasteiger partial charge in [0.15, 0.2) is 0 Å². The second-order valence-electron chi connectivity index (χ2n) is 8.54. The topological polar surface area (TPSA) is 62.4 Å². The van der Waals surface area contributed by atoms with E-state index >= 15 is 0 Å². The third-order valence-electron chi connectivity index (χ3n) is 7.07. The summed E-state index contributed by atoms with van der Waals surface area (Å²) in [6, 6.07) is 5.61. The van der Waals surface area contributed by atoms with Gasteiger partial charge < -0.3 is 14.6 Å². The predicted octanol–water partition coefficient (Wildman–Crippen LogP) is 3.67. The number of aromatic amines is 1. The molecule has 3 atom stereocenters. The number of esters is 1. The molecule has 1 aromatic carbocycles. The Kier molecular flexibility index (Phi) is 3.99. The fourth-order valence-electron chi connectivity index (χ4n) is 5.65. The standard InChI is InChI=1S/C22H26N2O3/c1-27-22(26)15-4-5-19-17(10-15)18-12-24(7-6-20(18)23-19)21(25)11-16-9-13-2-3-14(16)8-13/h4-5,10,13-14,16,23H,2-3,6-9,11-12H2,1H3. The van der Waals surface area contributed by atoms with Crippen LogP contribution >= 0.6 is 0 Å². The number of fused-ring (bicyclic) bond motifs is 5. The van der Waals surface area contributed by atoms with E-state index in [1.165, 1.54) is 38.5 Å². The smallest absolute Gasteiger partial charge is 0.337 e. The molecule has 0 radical (unpaired) electrons. The van der Waals surface area contributed by atoms with Crippen LogP contribution in [0.2, 0.25) is 0 Å². The molecule has 2 heterocycles.